The number of nitrogens with one attached hydrogen (secondary N) is 1. The van der Waals surface area contributed by atoms with Crippen LogP contribution in [-0.2, 0) is 11.3 Å². The lowest BCUT2D eigenvalue weighted by Crippen LogP contribution is -2.40. The van der Waals surface area contributed by atoms with Gasteiger partial charge in [0.25, 0.3) is 0 Å². The van der Waals surface area contributed by atoms with Crippen LogP contribution in [0.1, 0.15) is 56.1 Å². The molecular formula is C20H28N2O. The van der Waals surface area contributed by atoms with Crippen molar-refractivity contribution in [2.24, 2.45) is 5.92 Å². The van der Waals surface area contributed by atoms with Crippen molar-refractivity contribution in [3.63, 3.8) is 0 Å². The van der Waals surface area contributed by atoms with Gasteiger partial charge < -0.3 is 10.2 Å². The van der Waals surface area contributed by atoms with Crippen molar-refractivity contribution in [2.45, 2.75) is 76.5 Å². The van der Waals surface area contributed by atoms with Crippen LogP contribution in [0.25, 0.3) is 0 Å². The first-order valence-corrected chi connectivity index (χ1v) is 9.28. The van der Waals surface area contributed by atoms with Crippen molar-refractivity contribution in [1.29, 1.82) is 0 Å². The largest absolute Gasteiger partial charge is 0.335 e. The third kappa shape index (κ3) is 3.60. The standard InChI is InChI=1S/C20H28N2O/c1-14-2-4-15(5-3-14)13-22(19-8-9-19)20(23)12-16-10-17-6-7-18(11-16)21-17/h2-5,16-19,21H,6-13H2,1H3/t16?,17-,18+. The number of hydrogen-bond donors (Lipinski definition) is 1. The van der Waals surface area contributed by atoms with E-state index in [1.807, 2.05) is 0 Å². The molecule has 3 atom stereocenters. The summed E-state index contributed by atoms with van der Waals surface area (Å²) in [5.41, 5.74) is 2.55. The van der Waals surface area contributed by atoms with Crippen molar-refractivity contribution in [1.82, 2.24) is 10.2 Å². The highest BCUT2D eigenvalue weighted by Crippen LogP contribution is 2.35. The fourth-order valence-corrected chi connectivity index (χ4v) is 4.40. The van der Waals surface area contributed by atoms with Crippen LogP contribution in [0.3, 0.4) is 0 Å². The molecule has 2 saturated heterocycles. The summed E-state index contributed by atoms with van der Waals surface area (Å²) >= 11 is 0. The van der Waals surface area contributed by atoms with Gasteiger partial charge in [-0.25, -0.2) is 0 Å². The molecule has 1 amide bonds. The summed E-state index contributed by atoms with van der Waals surface area (Å²) in [4.78, 5) is 15.1. The summed E-state index contributed by atoms with van der Waals surface area (Å²) in [6.45, 7) is 2.90. The summed E-state index contributed by atoms with van der Waals surface area (Å²) in [5.74, 6) is 0.986. The zero-order valence-electron chi connectivity index (χ0n) is 14.1. The minimum atomic E-state index is 0.388. The van der Waals surface area contributed by atoms with Gasteiger partial charge in [-0.1, -0.05) is 29.8 Å². The predicted molar refractivity (Wildman–Crippen MR) is 92.0 cm³/mol. The number of nitrogens with zero attached hydrogens (tertiary/aromatic N) is 1. The van der Waals surface area contributed by atoms with Gasteiger partial charge in [-0.2, -0.15) is 0 Å². The highest BCUT2D eigenvalue weighted by Gasteiger charge is 2.37. The van der Waals surface area contributed by atoms with E-state index in [1.165, 1.54) is 49.7 Å². The molecule has 4 rings (SSSR count). The van der Waals surface area contributed by atoms with Gasteiger partial charge in [-0.15, -0.1) is 0 Å². The molecule has 124 valence electrons. The van der Waals surface area contributed by atoms with E-state index in [-0.39, 0.29) is 0 Å². The zero-order chi connectivity index (χ0) is 15.8. The summed E-state index contributed by atoms with van der Waals surface area (Å²) in [5, 5.41) is 3.68. The molecule has 3 nitrogen and oxygen atoms in total. The molecule has 0 radical (unpaired) electrons. The van der Waals surface area contributed by atoms with E-state index in [0.717, 1.165) is 13.0 Å². The minimum absolute atomic E-state index is 0.388. The van der Waals surface area contributed by atoms with Crippen LogP contribution in [0.5, 0.6) is 0 Å². The van der Waals surface area contributed by atoms with Gasteiger partial charge in [-0.3, -0.25) is 4.79 Å². The zero-order valence-corrected chi connectivity index (χ0v) is 14.1. The SMILES string of the molecule is Cc1ccc(CN(C(=O)CC2C[C@H]3CC[C@@H](C2)N3)C2CC2)cc1. The van der Waals surface area contributed by atoms with Crippen molar-refractivity contribution >= 4 is 5.91 Å². The second kappa shape index (κ2) is 6.27. The third-order valence-corrected chi connectivity index (χ3v) is 5.82. The first-order chi connectivity index (χ1) is 11.2. The molecule has 2 bridgehead atoms. The van der Waals surface area contributed by atoms with Crippen LogP contribution in [-0.4, -0.2) is 28.9 Å². The van der Waals surface area contributed by atoms with Crippen molar-refractivity contribution in [2.75, 3.05) is 0 Å². The fraction of sp³-hybridized carbons (Fsp3) is 0.650. The van der Waals surface area contributed by atoms with E-state index >= 15 is 0 Å². The maximum Gasteiger partial charge on any atom is 0.223 e. The van der Waals surface area contributed by atoms with E-state index in [0.29, 0.717) is 30.0 Å². The molecule has 0 spiro atoms. The summed E-state index contributed by atoms with van der Waals surface area (Å²) in [6, 6.07) is 10.5. The van der Waals surface area contributed by atoms with Gasteiger partial charge in [0.05, 0.1) is 0 Å². The summed E-state index contributed by atoms with van der Waals surface area (Å²) < 4.78 is 0. The highest BCUT2D eigenvalue weighted by molar-refractivity contribution is 5.77. The lowest BCUT2D eigenvalue weighted by Gasteiger charge is -2.31. The number of piperidine rings is 1. The molecule has 1 aliphatic carbocycles. The average Bonchev–Trinajstić information content (AvgIpc) is 3.31. The first kappa shape index (κ1) is 15.2. The number of benzene rings is 1. The monoisotopic (exact) mass is 312 g/mol. The Labute approximate surface area is 139 Å². The maximum atomic E-state index is 12.9. The molecule has 1 saturated carbocycles. The molecule has 3 aliphatic rings. The van der Waals surface area contributed by atoms with Crippen LogP contribution in [0.4, 0.5) is 0 Å². The second-order valence-electron chi connectivity index (χ2n) is 7.92. The van der Waals surface area contributed by atoms with Gasteiger partial charge >= 0.3 is 0 Å². The molecule has 3 heteroatoms. The Morgan fingerprint density at radius 1 is 1.09 bits per heavy atom. The Bertz CT molecular complexity index is 552. The maximum absolute atomic E-state index is 12.9. The second-order valence-corrected chi connectivity index (χ2v) is 7.92. The molecule has 1 unspecified atom stereocenters. The molecule has 0 aromatic heterocycles. The average molecular weight is 312 g/mol. The Kier molecular flexibility index (Phi) is 4.14. The van der Waals surface area contributed by atoms with Gasteiger partial charge in [0, 0.05) is 31.1 Å². The van der Waals surface area contributed by atoms with Gasteiger partial charge in [-0.05, 0) is 56.9 Å². The van der Waals surface area contributed by atoms with Gasteiger partial charge in [0.1, 0.15) is 0 Å². The Hall–Kier alpha value is -1.35. The number of carbonyl (C=O) groups excluding carboxylic acids is 1. The predicted octanol–water partition coefficient (Wildman–Crippen LogP) is 3.41. The van der Waals surface area contributed by atoms with Gasteiger partial charge in [0.2, 0.25) is 5.91 Å². The van der Waals surface area contributed by atoms with E-state index < -0.39 is 0 Å². The van der Waals surface area contributed by atoms with Crippen LogP contribution < -0.4 is 5.32 Å². The van der Waals surface area contributed by atoms with E-state index in [2.05, 4.69) is 41.4 Å². The molecule has 1 aromatic carbocycles. The number of rotatable bonds is 5. The number of carbonyl (C=O) groups is 1. The lowest BCUT2D eigenvalue weighted by atomic mass is 9.89. The Morgan fingerprint density at radius 3 is 2.35 bits per heavy atom. The normalized spacial score (nSPS) is 29.5. The summed E-state index contributed by atoms with van der Waals surface area (Å²) in [7, 11) is 0. The Morgan fingerprint density at radius 2 is 1.74 bits per heavy atom. The fourth-order valence-electron chi connectivity index (χ4n) is 4.40. The number of amides is 1. The van der Waals surface area contributed by atoms with E-state index in [4.69, 9.17) is 0 Å². The number of hydrogen-bond acceptors (Lipinski definition) is 2. The van der Waals surface area contributed by atoms with Crippen LogP contribution in [0.2, 0.25) is 0 Å². The number of fused-ring (bicyclic) bond motifs is 2. The molecule has 1 aromatic rings. The van der Waals surface area contributed by atoms with Crippen LogP contribution >= 0.6 is 0 Å². The van der Waals surface area contributed by atoms with Crippen molar-refractivity contribution < 1.29 is 4.79 Å². The molecular weight excluding hydrogens is 284 g/mol. The third-order valence-electron chi connectivity index (χ3n) is 5.82. The molecule has 2 heterocycles. The van der Waals surface area contributed by atoms with E-state index in [9.17, 15) is 4.79 Å². The first-order valence-electron chi connectivity index (χ1n) is 9.28. The van der Waals surface area contributed by atoms with Crippen molar-refractivity contribution in [3.05, 3.63) is 35.4 Å². The Balaban J connectivity index is 1.38. The van der Waals surface area contributed by atoms with Crippen LogP contribution in [0, 0.1) is 12.8 Å². The van der Waals surface area contributed by atoms with Gasteiger partial charge in [0.15, 0.2) is 0 Å². The number of aryl methyl sites for hydroxylation is 1. The molecule has 2 aliphatic heterocycles. The van der Waals surface area contributed by atoms with E-state index in [1.54, 1.807) is 0 Å². The molecule has 1 N–H and O–H groups in total. The lowest BCUT2D eigenvalue weighted by molar-refractivity contribution is -0.133. The van der Waals surface area contributed by atoms with Crippen LogP contribution in [0.15, 0.2) is 24.3 Å². The summed E-state index contributed by atoms with van der Waals surface area (Å²) in [6.07, 6.45) is 8.16. The highest BCUT2D eigenvalue weighted by atomic mass is 16.2. The van der Waals surface area contributed by atoms with Crippen molar-refractivity contribution in [3.8, 4) is 0 Å². The topological polar surface area (TPSA) is 32.3 Å². The molecule has 23 heavy (non-hydrogen) atoms. The molecule has 3 fully saturated rings. The quantitative estimate of drug-likeness (QED) is 0.903. The minimum Gasteiger partial charge on any atom is -0.335 e. The smallest absolute Gasteiger partial charge is 0.223 e.